The fourth-order valence-corrected chi connectivity index (χ4v) is 13.3. The summed E-state index contributed by atoms with van der Waals surface area (Å²) in [5, 5.41) is 2.71. The van der Waals surface area contributed by atoms with Gasteiger partial charge in [0.05, 0.1) is 23.9 Å². The van der Waals surface area contributed by atoms with Crippen LogP contribution in [0.5, 0.6) is 0 Å². The first kappa shape index (κ1) is 44.3. The maximum atomic E-state index is 7.80. The summed E-state index contributed by atoms with van der Waals surface area (Å²) < 4.78 is 16.4. The molecule has 0 bridgehead atoms. The van der Waals surface area contributed by atoms with Gasteiger partial charge in [-0.3, -0.25) is 0 Å². The summed E-state index contributed by atoms with van der Waals surface area (Å²) in [5.41, 5.74) is 15.9. The summed E-state index contributed by atoms with van der Waals surface area (Å²) in [4.78, 5) is 0. The normalized spacial score (nSPS) is 19.1. The molecule has 0 aromatic heterocycles. The van der Waals surface area contributed by atoms with E-state index in [2.05, 4.69) is 269 Å². The molecule has 1 spiro atoms. The number of fused-ring (bicyclic) bond motifs is 1. The molecule has 2 atom stereocenters. The second-order valence-corrected chi connectivity index (χ2v) is 21.1. The van der Waals surface area contributed by atoms with Gasteiger partial charge in [-0.25, -0.2) is 0 Å². The van der Waals surface area contributed by atoms with Crippen molar-refractivity contribution in [1.82, 2.24) is 0 Å². The largest absolute Gasteiger partial charge is 0.343 e. The van der Waals surface area contributed by atoms with Crippen LogP contribution in [0.4, 0.5) is 0 Å². The first-order valence-corrected chi connectivity index (χ1v) is 25.6. The van der Waals surface area contributed by atoms with E-state index in [1.807, 2.05) is 0 Å². The van der Waals surface area contributed by atoms with Gasteiger partial charge in [-0.05, 0) is 91.4 Å². The zero-order valence-corrected chi connectivity index (χ0v) is 41.0. The van der Waals surface area contributed by atoms with Crippen molar-refractivity contribution in [2.75, 3.05) is 13.1 Å². The molecule has 0 amide bonds. The van der Waals surface area contributed by atoms with Crippen molar-refractivity contribution in [2.24, 2.45) is 0 Å². The van der Waals surface area contributed by atoms with Gasteiger partial charge < -0.3 is 14.0 Å². The van der Waals surface area contributed by atoms with Crippen LogP contribution in [0, 0.1) is 0 Å². The van der Waals surface area contributed by atoms with Crippen LogP contribution in [0.1, 0.15) is 47.2 Å². The fourth-order valence-electron chi connectivity index (χ4n) is 13.3. The molecule has 0 unspecified atom stereocenters. The summed E-state index contributed by atoms with van der Waals surface area (Å²) in [6.07, 6.45) is -0.851. The zero-order chi connectivity index (χ0) is 48.3. The molecule has 3 aliphatic rings. The summed E-state index contributed by atoms with van der Waals surface area (Å²) in [7, 11) is 0. The van der Waals surface area contributed by atoms with Crippen molar-refractivity contribution in [2.45, 2.75) is 55.8 Å². The number of benzene rings is 10. The summed E-state index contributed by atoms with van der Waals surface area (Å²) in [6, 6.07) is 94.8. The first-order valence-electron chi connectivity index (χ1n) is 25.6. The molecule has 3 heterocycles. The summed E-state index contributed by atoms with van der Waals surface area (Å²) in [5.74, 6) is -0.907. The number of hydrogen-bond donors (Lipinski definition) is 0. The Balaban J connectivity index is 1.10. The van der Waals surface area contributed by atoms with Crippen molar-refractivity contribution >= 4 is 10.8 Å². The number of hydrogen-bond acceptors (Lipinski definition) is 2. The van der Waals surface area contributed by atoms with Crippen molar-refractivity contribution in [3.8, 4) is 44.5 Å². The molecule has 2 fully saturated rings. The first-order chi connectivity index (χ1) is 35.3. The number of quaternary nitrogens is 1. The van der Waals surface area contributed by atoms with Crippen LogP contribution in [-0.2, 0) is 33.4 Å². The van der Waals surface area contributed by atoms with E-state index in [9.17, 15) is 0 Å². The Labute approximate surface area is 424 Å². The van der Waals surface area contributed by atoms with E-state index in [1.165, 1.54) is 88.7 Å². The zero-order valence-electron chi connectivity index (χ0n) is 41.0. The Hall–Kier alpha value is -7.66. The molecule has 10 aromatic carbocycles. The third-order valence-electron chi connectivity index (χ3n) is 16.4. The molecule has 3 aliphatic heterocycles. The minimum atomic E-state index is -0.907. The molecule has 0 saturated carbocycles. The predicted molar refractivity (Wildman–Crippen MR) is 294 cm³/mol. The topological polar surface area (TPSA) is 18.5 Å². The molecule has 3 nitrogen and oxygen atoms in total. The van der Waals surface area contributed by atoms with Crippen molar-refractivity contribution in [3.05, 3.63) is 288 Å². The van der Waals surface area contributed by atoms with Gasteiger partial charge in [-0.1, -0.05) is 255 Å². The Kier molecular flexibility index (Phi) is 10.8. The second-order valence-electron chi connectivity index (χ2n) is 21.1. The highest BCUT2D eigenvalue weighted by atomic mass is 16.8. The summed E-state index contributed by atoms with van der Waals surface area (Å²) >= 11 is 0. The Morgan fingerprint density at radius 1 is 0.319 bits per heavy atom. The van der Waals surface area contributed by atoms with Gasteiger partial charge in [0.2, 0.25) is 0 Å². The maximum absolute atomic E-state index is 7.80. The molecule has 10 aromatic rings. The molecule has 3 heteroatoms. The van der Waals surface area contributed by atoms with Crippen LogP contribution in [0.25, 0.3) is 55.3 Å². The van der Waals surface area contributed by atoms with Gasteiger partial charge in [0, 0.05) is 11.1 Å². The van der Waals surface area contributed by atoms with E-state index < -0.39 is 28.8 Å². The van der Waals surface area contributed by atoms with Gasteiger partial charge in [0.15, 0.2) is 5.79 Å². The highest BCUT2D eigenvalue weighted by molar-refractivity contribution is 5.89. The summed E-state index contributed by atoms with van der Waals surface area (Å²) in [6.45, 7) is 7.53. The van der Waals surface area contributed by atoms with E-state index in [4.69, 9.17) is 9.47 Å². The molecule has 0 aliphatic carbocycles. The average Bonchev–Trinajstić information content (AvgIpc) is 3.74. The monoisotopic (exact) mass is 932 g/mol. The number of nitrogens with zero attached hydrogens (tertiary/aromatic N) is 1. The molecule has 13 rings (SSSR count). The van der Waals surface area contributed by atoms with Crippen LogP contribution >= 0.6 is 0 Å². The quantitative estimate of drug-likeness (QED) is 0.141. The molecule has 2 saturated heterocycles. The van der Waals surface area contributed by atoms with Crippen LogP contribution in [0.2, 0.25) is 0 Å². The Morgan fingerprint density at radius 2 is 0.597 bits per heavy atom. The van der Waals surface area contributed by atoms with E-state index in [0.29, 0.717) is 0 Å². The highest BCUT2D eigenvalue weighted by Crippen LogP contribution is 2.58. The lowest BCUT2D eigenvalue weighted by Crippen LogP contribution is -2.60. The SMILES string of the molecule is CC1(C)O[C@@H]2[C@@H](O1)C(c1ccc(-c3ccccc3)cc1)(c1ccc(-c3ccccc3)cc1)C[N+]1(Cc3cccc4cccc(c34)C1)CC2(c1ccc(-c2ccccc2)cc1)c1ccc(-c2ccccc2)cc1. The maximum Gasteiger partial charge on any atom is 0.163 e. The Morgan fingerprint density at radius 3 is 0.889 bits per heavy atom. The lowest BCUT2D eigenvalue weighted by molar-refractivity contribution is -0.959. The molecular formula is C69H58NO2+. The van der Waals surface area contributed by atoms with Crippen molar-refractivity contribution < 1.29 is 14.0 Å². The smallest absolute Gasteiger partial charge is 0.163 e. The van der Waals surface area contributed by atoms with E-state index in [0.717, 1.165) is 30.7 Å². The third kappa shape index (κ3) is 7.54. The van der Waals surface area contributed by atoms with E-state index in [-0.39, 0.29) is 0 Å². The van der Waals surface area contributed by atoms with Crippen LogP contribution in [0.15, 0.2) is 255 Å². The third-order valence-corrected chi connectivity index (χ3v) is 16.4. The van der Waals surface area contributed by atoms with E-state index >= 15 is 0 Å². The fraction of sp³-hybridized carbons (Fsp3) is 0.159. The van der Waals surface area contributed by atoms with Crippen molar-refractivity contribution in [1.29, 1.82) is 0 Å². The minimum absolute atomic E-state index is 0.425. The van der Waals surface area contributed by atoms with Gasteiger partial charge >= 0.3 is 0 Å². The average molecular weight is 933 g/mol. The van der Waals surface area contributed by atoms with Gasteiger partial charge in [-0.2, -0.15) is 0 Å². The molecule has 0 N–H and O–H groups in total. The number of ether oxygens (including phenoxy) is 2. The van der Waals surface area contributed by atoms with Crippen LogP contribution in [-0.4, -0.2) is 35.6 Å². The Bertz CT molecular complexity index is 3120. The van der Waals surface area contributed by atoms with Crippen LogP contribution in [0.3, 0.4) is 0 Å². The number of rotatable bonds is 8. The highest BCUT2D eigenvalue weighted by Gasteiger charge is 2.68. The second kappa shape index (κ2) is 17.6. The van der Waals surface area contributed by atoms with Gasteiger partial charge in [0.1, 0.15) is 25.3 Å². The molecule has 0 radical (unpaired) electrons. The van der Waals surface area contributed by atoms with Gasteiger partial charge in [0.25, 0.3) is 0 Å². The van der Waals surface area contributed by atoms with E-state index in [1.54, 1.807) is 0 Å². The van der Waals surface area contributed by atoms with Crippen LogP contribution < -0.4 is 0 Å². The predicted octanol–water partition coefficient (Wildman–Crippen LogP) is 15.8. The van der Waals surface area contributed by atoms with Gasteiger partial charge in [-0.15, -0.1) is 0 Å². The lowest BCUT2D eigenvalue weighted by Gasteiger charge is -2.50. The lowest BCUT2D eigenvalue weighted by atomic mass is 9.62. The molecule has 350 valence electrons. The van der Waals surface area contributed by atoms with Crippen molar-refractivity contribution in [3.63, 3.8) is 0 Å². The molecular weight excluding hydrogens is 875 g/mol. The minimum Gasteiger partial charge on any atom is -0.343 e. The standard InChI is InChI=1S/C69H58NO2/c1-67(2)71-65-66(72-67)69(62-41-33-55(34-42-62)51-21-11-5-12-22-51,63-43-35-56(36-44-63)52-23-13-6-14-24-52)48-70(45-58-27-15-25-57-26-16-28-59(46-70)64(57)58)47-68(65,60-37-29-53(30-38-60)49-17-7-3-8-18-49)61-39-31-54(32-40-61)50-19-9-4-10-20-50/h3-44,65-66H,45-48H2,1-2H3/q+1/t65-,66-/m1/s1. The molecule has 72 heavy (non-hydrogen) atoms.